The number of rotatable bonds is 12. The summed E-state index contributed by atoms with van der Waals surface area (Å²) >= 11 is 0. The molecule has 0 fully saturated rings. The maximum absolute atomic E-state index is 12.0. The molecule has 9 heteroatoms. The minimum absolute atomic E-state index is 0.0495. The molecule has 1 aromatic carbocycles. The van der Waals surface area contributed by atoms with Gasteiger partial charge in [0.1, 0.15) is 0 Å². The number of nitrogens with two attached hydrogens (primary N) is 2. The van der Waals surface area contributed by atoms with Crippen LogP contribution in [0.15, 0.2) is 29.3 Å². The molecule has 0 saturated carbocycles. The van der Waals surface area contributed by atoms with Gasteiger partial charge in [0.2, 0.25) is 5.91 Å². The Balaban J connectivity index is 2.32. The van der Waals surface area contributed by atoms with Crippen molar-refractivity contribution in [3.63, 3.8) is 0 Å². The molecular weight excluding hydrogens is 350 g/mol. The molecule has 0 aliphatic heterocycles. The summed E-state index contributed by atoms with van der Waals surface area (Å²) in [6.07, 6.45) is 3.71. The summed E-state index contributed by atoms with van der Waals surface area (Å²) < 4.78 is 0. The van der Waals surface area contributed by atoms with Crippen molar-refractivity contribution in [3.05, 3.63) is 29.8 Å². The Morgan fingerprint density at radius 2 is 1.78 bits per heavy atom. The molecule has 0 radical (unpaired) electrons. The van der Waals surface area contributed by atoms with Crippen LogP contribution in [0.5, 0.6) is 0 Å². The van der Waals surface area contributed by atoms with Gasteiger partial charge in [-0.1, -0.05) is 18.9 Å². The third-order valence-corrected chi connectivity index (χ3v) is 3.64. The van der Waals surface area contributed by atoms with Gasteiger partial charge in [0.05, 0.1) is 6.42 Å². The van der Waals surface area contributed by atoms with Crippen LogP contribution in [0.4, 0.5) is 5.69 Å². The van der Waals surface area contributed by atoms with Gasteiger partial charge in [-0.15, -0.1) is 0 Å². The number of aliphatic carboxylic acids is 1. The van der Waals surface area contributed by atoms with Crippen LogP contribution >= 0.6 is 0 Å². The Hall–Kier alpha value is -3.10. The van der Waals surface area contributed by atoms with Gasteiger partial charge in [-0.05, 0) is 31.0 Å². The van der Waals surface area contributed by atoms with Crippen molar-refractivity contribution in [1.29, 1.82) is 0 Å². The van der Waals surface area contributed by atoms with Crippen LogP contribution in [0.3, 0.4) is 0 Å². The zero-order valence-corrected chi connectivity index (χ0v) is 15.2. The Morgan fingerprint density at radius 3 is 2.48 bits per heavy atom. The standard InChI is InChI=1S/C18H27N5O4/c19-18(20)22-10-4-2-1-3-8-15(24)23-14-7-5-6-13(12-14)17(27)21-11-9-16(25)26/h5-7,12H,1-4,8-11H2,(H,21,27)(H,23,24)(H,25,26)(H4,19,20,22). The van der Waals surface area contributed by atoms with E-state index in [0.717, 1.165) is 25.7 Å². The Kier molecular flexibility index (Phi) is 9.98. The maximum atomic E-state index is 12.0. The first-order valence-corrected chi connectivity index (χ1v) is 8.84. The van der Waals surface area contributed by atoms with Gasteiger partial charge >= 0.3 is 5.97 Å². The molecule has 0 atom stereocenters. The lowest BCUT2D eigenvalue weighted by molar-refractivity contribution is -0.136. The number of carbonyl (C=O) groups is 3. The number of hydrogen-bond donors (Lipinski definition) is 5. The fraction of sp³-hybridized carbons (Fsp3) is 0.444. The number of carboxylic acids is 1. The van der Waals surface area contributed by atoms with Crippen LogP contribution in [-0.4, -0.2) is 41.9 Å². The SMILES string of the molecule is NC(N)=NCCCCCCC(=O)Nc1cccc(C(=O)NCCC(=O)O)c1. The number of amides is 2. The Morgan fingerprint density at radius 1 is 1.04 bits per heavy atom. The molecule has 27 heavy (non-hydrogen) atoms. The molecular formula is C18H27N5O4. The number of guanidine groups is 1. The zero-order chi connectivity index (χ0) is 20.1. The highest BCUT2D eigenvalue weighted by Crippen LogP contribution is 2.12. The molecule has 2 amide bonds. The fourth-order valence-electron chi connectivity index (χ4n) is 2.31. The number of nitrogens with zero attached hydrogens (tertiary/aromatic N) is 1. The van der Waals surface area contributed by atoms with E-state index in [9.17, 15) is 14.4 Å². The molecule has 148 valence electrons. The van der Waals surface area contributed by atoms with Crippen molar-refractivity contribution in [2.75, 3.05) is 18.4 Å². The number of carbonyl (C=O) groups excluding carboxylic acids is 2. The predicted molar refractivity (Wildman–Crippen MR) is 103 cm³/mol. The van der Waals surface area contributed by atoms with Gasteiger partial charge in [-0.2, -0.15) is 0 Å². The molecule has 7 N–H and O–H groups in total. The van der Waals surface area contributed by atoms with Gasteiger partial charge in [0.25, 0.3) is 5.91 Å². The van der Waals surface area contributed by atoms with Gasteiger partial charge < -0.3 is 27.2 Å². The highest BCUT2D eigenvalue weighted by molar-refractivity contribution is 5.97. The summed E-state index contributed by atoms with van der Waals surface area (Å²) in [6.45, 7) is 0.643. The van der Waals surface area contributed by atoms with Crippen LogP contribution < -0.4 is 22.1 Å². The summed E-state index contributed by atoms with van der Waals surface area (Å²) in [4.78, 5) is 38.3. The van der Waals surface area contributed by atoms with E-state index in [4.69, 9.17) is 16.6 Å². The molecule has 0 aliphatic rings. The van der Waals surface area contributed by atoms with E-state index in [1.165, 1.54) is 0 Å². The van der Waals surface area contributed by atoms with E-state index < -0.39 is 5.97 Å². The minimum Gasteiger partial charge on any atom is -0.481 e. The first-order valence-electron chi connectivity index (χ1n) is 8.84. The second kappa shape index (κ2) is 12.3. The molecule has 0 bridgehead atoms. The third kappa shape index (κ3) is 10.5. The molecule has 0 unspecified atom stereocenters. The van der Waals surface area contributed by atoms with E-state index in [1.807, 2.05) is 0 Å². The van der Waals surface area contributed by atoms with Gasteiger partial charge in [-0.25, -0.2) is 0 Å². The average molecular weight is 377 g/mol. The summed E-state index contributed by atoms with van der Waals surface area (Å²) in [7, 11) is 0. The van der Waals surface area contributed by atoms with Gasteiger partial charge in [-0.3, -0.25) is 19.4 Å². The monoisotopic (exact) mass is 377 g/mol. The topological polar surface area (TPSA) is 160 Å². The van der Waals surface area contributed by atoms with E-state index in [-0.39, 0.29) is 30.7 Å². The van der Waals surface area contributed by atoms with E-state index in [2.05, 4.69) is 15.6 Å². The molecule has 0 saturated heterocycles. The highest BCUT2D eigenvalue weighted by Gasteiger charge is 2.08. The Labute approximate surface area is 158 Å². The molecule has 1 rings (SSSR count). The van der Waals surface area contributed by atoms with E-state index in [0.29, 0.717) is 24.2 Å². The van der Waals surface area contributed by atoms with Crippen LogP contribution in [0.25, 0.3) is 0 Å². The quantitative estimate of drug-likeness (QED) is 0.208. The fourth-order valence-corrected chi connectivity index (χ4v) is 2.31. The number of nitrogens with one attached hydrogen (secondary N) is 2. The lowest BCUT2D eigenvalue weighted by Crippen LogP contribution is -2.26. The first kappa shape index (κ1) is 21.9. The van der Waals surface area contributed by atoms with Crippen molar-refractivity contribution in [2.45, 2.75) is 38.5 Å². The molecule has 0 spiro atoms. The smallest absolute Gasteiger partial charge is 0.305 e. The second-order valence-electron chi connectivity index (χ2n) is 6.00. The second-order valence-corrected chi connectivity index (χ2v) is 6.00. The lowest BCUT2D eigenvalue weighted by Gasteiger charge is -2.08. The van der Waals surface area contributed by atoms with Crippen LogP contribution in [-0.2, 0) is 9.59 Å². The summed E-state index contributed by atoms with van der Waals surface area (Å²) in [5.41, 5.74) is 11.4. The number of aliphatic imine (C=N–C) groups is 1. The molecule has 1 aromatic rings. The van der Waals surface area contributed by atoms with Gasteiger partial charge in [0, 0.05) is 30.8 Å². The minimum atomic E-state index is -0.979. The summed E-state index contributed by atoms with van der Waals surface area (Å²) in [5.74, 6) is -1.39. The van der Waals surface area contributed by atoms with Crippen molar-refractivity contribution in [2.24, 2.45) is 16.5 Å². The molecule has 0 aliphatic carbocycles. The summed E-state index contributed by atoms with van der Waals surface area (Å²) in [5, 5.41) is 13.9. The third-order valence-electron chi connectivity index (χ3n) is 3.64. The van der Waals surface area contributed by atoms with Crippen molar-refractivity contribution >= 4 is 29.4 Å². The number of unbranched alkanes of at least 4 members (excludes halogenated alkanes) is 3. The van der Waals surface area contributed by atoms with Crippen LogP contribution in [0.1, 0.15) is 48.9 Å². The van der Waals surface area contributed by atoms with Crippen LogP contribution in [0.2, 0.25) is 0 Å². The number of carboxylic acid groups (broad SMARTS) is 1. The number of benzene rings is 1. The Bertz CT molecular complexity index is 671. The van der Waals surface area contributed by atoms with Crippen molar-refractivity contribution in [1.82, 2.24) is 5.32 Å². The zero-order valence-electron chi connectivity index (χ0n) is 15.2. The largest absolute Gasteiger partial charge is 0.481 e. The van der Waals surface area contributed by atoms with Crippen LogP contribution in [0, 0.1) is 0 Å². The molecule has 9 nitrogen and oxygen atoms in total. The molecule has 0 aromatic heterocycles. The van der Waals surface area contributed by atoms with Crippen molar-refractivity contribution < 1.29 is 19.5 Å². The predicted octanol–water partition coefficient (Wildman–Crippen LogP) is 1.05. The number of anilines is 1. The lowest BCUT2D eigenvalue weighted by atomic mass is 10.1. The normalized spacial score (nSPS) is 10.1. The number of hydrogen-bond acceptors (Lipinski definition) is 4. The maximum Gasteiger partial charge on any atom is 0.305 e. The van der Waals surface area contributed by atoms with Gasteiger partial charge in [0.15, 0.2) is 5.96 Å². The van der Waals surface area contributed by atoms with E-state index >= 15 is 0 Å². The van der Waals surface area contributed by atoms with E-state index in [1.54, 1.807) is 24.3 Å². The average Bonchev–Trinajstić information content (AvgIpc) is 2.60. The highest BCUT2D eigenvalue weighted by atomic mass is 16.4. The molecule has 0 heterocycles. The first-order chi connectivity index (χ1) is 12.9. The van der Waals surface area contributed by atoms with Crippen molar-refractivity contribution in [3.8, 4) is 0 Å². The summed E-state index contributed by atoms with van der Waals surface area (Å²) in [6, 6.07) is 6.51.